The van der Waals surface area contributed by atoms with E-state index in [1.165, 1.54) is 47.3 Å². The van der Waals surface area contributed by atoms with Gasteiger partial charge in [0.25, 0.3) is 11.2 Å². The van der Waals surface area contributed by atoms with Crippen LogP contribution < -0.4 is 10.3 Å². The van der Waals surface area contributed by atoms with Crippen molar-refractivity contribution in [3.05, 3.63) is 136 Å². The number of nitro groups is 1. The second kappa shape index (κ2) is 12.7. The average molecular weight is 753 g/mol. The number of carbonyl (C=O) groups is 1. The molecular formula is C30H17Br3N4O5. The van der Waals surface area contributed by atoms with Crippen LogP contribution in [-0.2, 0) is 4.79 Å². The number of benzene rings is 4. The highest BCUT2D eigenvalue weighted by atomic mass is 79.9. The number of esters is 1. The van der Waals surface area contributed by atoms with Crippen molar-refractivity contribution in [2.24, 2.45) is 5.10 Å². The molecule has 1 aromatic heterocycles. The lowest BCUT2D eigenvalue weighted by Gasteiger charge is -2.11. The number of para-hydroxylation sites is 1. The second-order valence-corrected chi connectivity index (χ2v) is 11.4. The summed E-state index contributed by atoms with van der Waals surface area (Å²) in [6, 6.07) is 23.5. The minimum absolute atomic E-state index is 0.0542. The third-order valence-electron chi connectivity index (χ3n) is 5.92. The van der Waals surface area contributed by atoms with Crippen molar-refractivity contribution >= 4 is 82.6 Å². The van der Waals surface area contributed by atoms with Crippen LogP contribution in [0, 0.1) is 10.1 Å². The fourth-order valence-corrected chi connectivity index (χ4v) is 5.53. The molecule has 208 valence electrons. The summed E-state index contributed by atoms with van der Waals surface area (Å²) in [5, 5.41) is 15.8. The number of carbonyl (C=O) groups excluding carboxylic acids is 1. The van der Waals surface area contributed by atoms with Crippen LogP contribution in [0.4, 0.5) is 5.69 Å². The Morgan fingerprint density at radius 1 is 0.952 bits per heavy atom. The smallest absolute Gasteiger partial charge is 0.336 e. The Hall–Kier alpha value is -4.26. The van der Waals surface area contributed by atoms with Gasteiger partial charge in [0.2, 0.25) is 0 Å². The molecular weight excluding hydrogens is 736 g/mol. The fourth-order valence-electron chi connectivity index (χ4n) is 3.93. The van der Waals surface area contributed by atoms with Crippen molar-refractivity contribution in [1.82, 2.24) is 9.66 Å². The quantitative estimate of drug-likeness (QED) is 0.0419. The van der Waals surface area contributed by atoms with Crippen LogP contribution in [0.2, 0.25) is 0 Å². The molecule has 0 atom stereocenters. The zero-order valence-corrected chi connectivity index (χ0v) is 26.0. The Bertz CT molecular complexity index is 1950. The molecule has 0 saturated carbocycles. The van der Waals surface area contributed by atoms with Crippen molar-refractivity contribution in [3.63, 3.8) is 0 Å². The Morgan fingerprint density at radius 2 is 1.67 bits per heavy atom. The third kappa shape index (κ3) is 6.62. The van der Waals surface area contributed by atoms with E-state index >= 15 is 0 Å². The predicted molar refractivity (Wildman–Crippen MR) is 172 cm³/mol. The molecule has 42 heavy (non-hydrogen) atoms. The van der Waals surface area contributed by atoms with Crippen molar-refractivity contribution in [1.29, 1.82) is 0 Å². The van der Waals surface area contributed by atoms with Gasteiger partial charge in [-0.15, -0.1) is 0 Å². The maximum atomic E-state index is 13.5. The number of nitro benzene ring substituents is 1. The van der Waals surface area contributed by atoms with E-state index in [4.69, 9.17) is 9.72 Å². The van der Waals surface area contributed by atoms with Gasteiger partial charge in [-0.2, -0.15) is 9.78 Å². The molecule has 0 unspecified atom stereocenters. The Morgan fingerprint density at radius 3 is 2.38 bits per heavy atom. The number of hydrogen-bond donors (Lipinski definition) is 0. The summed E-state index contributed by atoms with van der Waals surface area (Å²) in [5.41, 5.74) is 1.77. The first-order valence-electron chi connectivity index (χ1n) is 12.1. The average Bonchev–Trinajstić information content (AvgIpc) is 2.97. The van der Waals surface area contributed by atoms with Gasteiger partial charge in [-0.25, -0.2) is 9.78 Å². The lowest BCUT2D eigenvalue weighted by molar-refractivity contribution is -0.384. The summed E-state index contributed by atoms with van der Waals surface area (Å²) in [5.74, 6) is -0.181. The Kier molecular flexibility index (Phi) is 8.86. The van der Waals surface area contributed by atoms with Gasteiger partial charge in [0.05, 0.1) is 26.5 Å². The highest BCUT2D eigenvalue weighted by Crippen LogP contribution is 2.32. The van der Waals surface area contributed by atoms with E-state index in [2.05, 4.69) is 52.9 Å². The molecule has 0 fully saturated rings. The van der Waals surface area contributed by atoms with Gasteiger partial charge in [0, 0.05) is 38.3 Å². The number of fused-ring (bicyclic) bond motifs is 1. The van der Waals surface area contributed by atoms with Crippen LogP contribution in [0.15, 0.2) is 114 Å². The van der Waals surface area contributed by atoms with Gasteiger partial charge < -0.3 is 4.74 Å². The lowest BCUT2D eigenvalue weighted by Crippen LogP contribution is -2.20. The zero-order valence-electron chi connectivity index (χ0n) is 21.3. The normalized spacial score (nSPS) is 11.4. The van der Waals surface area contributed by atoms with E-state index in [0.717, 1.165) is 4.47 Å². The topological polar surface area (TPSA) is 117 Å². The fraction of sp³-hybridized carbons (Fsp3) is 0. The number of aromatic nitrogens is 2. The number of non-ortho nitro benzene ring substituents is 1. The summed E-state index contributed by atoms with van der Waals surface area (Å²) in [6.07, 6.45) is 4.11. The summed E-state index contributed by atoms with van der Waals surface area (Å²) in [7, 11) is 0. The van der Waals surface area contributed by atoms with Crippen molar-refractivity contribution in [3.8, 4) is 17.1 Å². The number of nitrogens with zero attached hydrogens (tertiary/aromatic N) is 4. The van der Waals surface area contributed by atoms with Crippen LogP contribution in [-0.4, -0.2) is 26.8 Å². The van der Waals surface area contributed by atoms with E-state index in [1.54, 1.807) is 30.3 Å². The molecule has 0 radical (unpaired) electrons. The number of rotatable bonds is 7. The largest absolute Gasteiger partial charge is 0.421 e. The molecule has 0 aliphatic rings. The molecule has 0 bridgehead atoms. The molecule has 1 heterocycles. The van der Waals surface area contributed by atoms with E-state index in [-0.39, 0.29) is 17.0 Å². The van der Waals surface area contributed by atoms with Gasteiger partial charge in [-0.05, 0) is 76.1 Å². The molecule has 0 N–H and O–H groups in total. The van der Waals surface area contributed by atoms with Gasteiger partial charge in [-0.3, -0.25) is 14.9 Å². The van der Waals surface area contributed by atoms with E-state index in [0.29, 0.717) is 42.4 Å². The Balaban J connectivity index is 1.51. The van der Waals surface area contributed by atoms with Crippen LogP contribution in [0.1, 0.15) is 11.1 Å². The van der Waals surface area contributed by atoms with E-state index < -0.39 is 10.9 Å². The number of hydrogen-bond acceptors (Lipinski definition) is 7. The lowest BCUT2D eigenvalue weighted by atomic mass is 10.2. The molecule has 0 aliphatic heterocycles. The summed E-state index contributed by atoms with van der Waals surface area (Å²) in [4.78, 5) is 41.3. The molecule has 5 rings (SSSR count). The zero-order chi connectivity index (χ0) is 29.8. The molecule has 0 saturated heterocycles. The number of halogens is 3. The molecule has 12 heteroatoms. The SMILES string of the molecule is O=C(/C=C/c1ccc([N+](=O)[O-])cc1)Oc1c(Br)cc(Br)cc1C=Nn1c(-c2ccc(Br)cc2)nc2ccccc2c1=O. The molecule has 5 aromatic rings. The minimum Gasteiger partial charge on any atom is -0.421 e. The first-order valence-corrected chi connectivity index (χ1v) is 14.5. The first-order chi connectivity index (χ1) is 20.2. The van der Waals surface area contributed by atoms with E-state index in [1.807, 2.05) is 30.3 Å². The maximum Gasteiger partial charge on any atom is 0.336 e. The third-order valence-corrected chi connectivity index (χ3v) is 7.50. The maximum absolute atomic E-state index is 13.5. The van der Waals surface area contributed by atoms with E-state index in [9.17, 15) is 19.7 Å². The van der Waals surface area contributed by atoms with Crippen LogP contribution >= 0.6 is 47.8 Å². The summed E-state index contributed by atoms with van der Waals surface area (Å²) in [6.45, 7) is 0. The molecule has 4 aromatic carbocycles. The standard InChI is InChI=1S/C30H17Br3N4O5/c31-21-10-8-19(9-11-21)29-35-26-4-2-1-3-24(26)30(39)36(29)34-17-20-15-22(32)16-25(33)28(20)42-27(38)14-7-18-5-12-23(13-6-18)37(40)41/h1-17H/b14-7+,34-17?. The monoisotopic (exact) mass is 750 g/mol. The summed E-state index contributed by atoms with van der Waals surface area (Å²) < 4.78 is 8.85. The van der Waals surface area contributed by atoms with Gasteiger partial charge in [-0.1, -0.05) is 56.1 Å². The van der Waals surface area contributed by atoms with Gasteiger partial charge in [0.15, 0.2) is 11.6 Å². The van der Waals surface area contributed by atoms with Crippen LogP contribution in [0.3, 0.4) is 0 Å². The van der Waals surface area contributed by atoms with Gasteiger partial charge in [0.1, 0.15) is 0 Å². The highest BCUT2D eigenvalue weighted by molar-refractivity contribution is 9.11. The Labute approximate surface area is 263 Å². The predicted octanol–water partition coefficient (Wildman–Crippen LogP) is 7.76. The molecule has 9 nitrogen and oxygen atoms in total. The second-order valence-electron chi connectivity index (χ2n) is 8.73. The molecule has 0 amide bonds. The van der Waals surface area contributed by atoms with Crippen molar-refractivity contribution < 1.29 is 14.5 Å². The molecule has 0 spiro atoms. The minimum atomic E-state index is -0.689. The highest BCUT2D eigenvalue weighted by Gasteiger charge is 2.15. The number of ether oxygens (including phenoxy) is 1. The first kappa shape index (κ1) is 29.2. The van der Waals surface area contributed by atoms with Crippen LogP contribution in [0.5, 0.6) is 5.75 Å². The van der Waals surface area contributed by atoms with Crippen molar-refractivity contribution in [2.75, 3.05) is 0 Å². The van der Waals surface area contributed by atoms with Gasteiger partial charge >= 0.3 is 5.97 Å². The van der Waals surface area contributed by atoms with Crippen LogP contribution in [0.25, 0.3) is 28.4 Å². The van der Waals surface area contributed by atoms with Crippen molar-refractivity contribution in [2.45, 2.75) is 0 Å². The molecule has 0 aliphatic carbocycles. The summed E-state index contributed by atoms with van der Waals surface area (Å²) >= 11 is 10.3.